The second-order valence-electron chi connectivity index (χ2n) is 3.96. The zero-order valence-corrected chi connectivity index (χ0v) is 9.31. The SMILES string of the molecule is CC(CO)COc1cccc([C@@H](C)N)c1. The summed E-state index contributed by atoms with van der Waals surface area (Å²) in [7, 11) is 0. The summed E-state index contributed by atoms with van der Waals surface area (Å²) in [5, 5.41) is 8.86. The molecular weight excluding hydrogens is 190 g/mol. The van der Waals surface area contributed by atoms with Crippen molar-refractivity contribution in [1.29, 1.82) is 0 Å². The van der Waals surface area contributed by atoms with Gasteiger partial charge >= 0.3 is 0 Å². The fraction of sp³-hybridized carbons (Fsp3) is 0.500. The average Bonchev–Trinajstić information content (AvgIpc) is 2.26. The Morgan fingerprint density at radius 1 is 1.40 bits per heavy atom. The lowest BCUT2D eigenvalue weighted by Gasteiger charge is -2.12. The standard InChI is InChI=1S/C12H19NO2/c1-9(7-14)8-15-12-5-3-4-11(6-12)10(2)13/h3-6,9-10,14H,7-8,13H2,1-2H3/t9?,10-/m1/s1. The number of rotatable bonds is 5. The molecule has 0 bridgehead atoms. The lowest BCUT2D eigenvalue weighted by Crippen LogP contribution is -2.12. The molecule has 1 unspecified atom stereocenters. The van der Waals surface area contributed by atoms with E-state index in [4.69, 9.17) is 15.6 Å². The van der Waals surface area contributed by atoms with E-state index in [-0.39, 0.29) is 18.6 Å². The monoisotopic (exact) mass is 209 g/mol. The molecule has 15 heavy (non-hydrogen) atoms. The van der Waals surface area contributed by atoms with Crippen LogP contribution >= 0.6 is 0 Å². The van der Waals surface area contributed by atoms with Gasteiger partial charge in [-0.15, -0.1) is 0 Å². The summed E-state index contributed by atoms with van der Waals surface area (Å²) in [5.41, 5.74) is 6.83. The predicted molar refractivity (Wildman–Crippen MR) is 60.8 cm³/mol. The van der Waals surface area contributed by atoms with Gasteiger partial charge in [-0.25, -0.2) is 0 Å². The van der Waals surface area contributed by atoms with Crippen molar-refractivity contribution in [2.45, 2.75) is 19.9 Å². The molecule has 0 heterocycles. The number of aliphatic hydroxyl groups is 1. The van der Waals surface area contributed by atoms with Gasteiger partial charge in [0.05, 0.1) is 6.61 Å². The Morgan fingerprint density at radius 3 is 2.73 bits per heavy atom. The minimum Gasteiger partial charge on any atom is -0.493 e. The maximum absolute atomic E-state index is 8.86. The van der Waals surface area contributed by atoms with Crippen LogP contribution in [0.1, 0.15) is 25.5 Å². The Balaban J connectivity index is 2.58. The number of nitrogens with two attached hydrogens (primary N) is 1. The van der Waals surface area contributed by atoms with Crippen molar-refractivity contribution < 1.29 is 9.84 Å². The first kappa shape index (κ1) is 12.0. The number of ether oxygens (including phenoxy) is 1. The van der Waals surface area contributed by atoms with Gasteiger partial charge in [-0.05, 0) is 24.6 Å². The largest absolute Gasteiger partial charge is 0.493 e. The molecule has 1 aromatic carbocycles. The lowest BCUT2D eigenvalue weighted by atomic mass is 10.1. The predicted octanol–water partition coefficient (Wildman–Crippen LogP) is 1.71. The minimum atomic E-state index is 0.0174. The highest BCUT2D eigenvalue weighted by Gasteiger charge is 2.03. The van der Waals surface area contributed by atoms with E-state index in [0.717, 1.165) is 11.3 Å². The summed E-state index contributed by atoms with van der Waals surface area (Å²) >= 11 is 0. The molecule has 1 aromatic rings. The highest BCUT2D eigenvalue weighted by atomic mass is 16.5. The smallest absolute Gasteiger partial charge is 0.119 e. The lowest BCUT2D eigenvalue weighted by molar-refractivity contribution is 0.174. The van der Waals surface area contributed by atoms with E-state index >= 15 is 0 Å². The fourth-order valence-electron chi connectivity index (χ4n) is 1.18. The van der Waals surface area contributed by atoms with Crippen LogP contribution in [0.25, 0.3) is 0 Å². The van der Waals surface area contributed by atoms with Crippen molar-refractivity contribution in [2.24, 2.45) is 11.7 Å². The van der Waals surface area contributed by atoms with Crippen LogP contribution in [-0.2, 0) is 0 Å². The van der Waals surface area contributed by atoms with E-state index < -0.39 is 0 Å². The van der Waals surface area contributed by atoms with Gasteiger partial charge in [-0.2, -0.15) is 0 Å². The van der Waals surface area contributed by atoms with Gasteiger partial charge in [0, 0.05) is 18.6 Å². The van der Waals surface area contributed by atoms with Gasteiger partial charge in [0.15, 0.2) is 0 Å². The third kappa shape index (κ3) is 3.90. The molecule has 1 rings (SSSR count). The van der Waals surface area contributed by atoms with Crippen LogP contribution in [0.15, 0.2) is 24.3 Å². The van der Waals surface area contributed by atoms with Crippen molar-refractivity contribution in [3.05, 3.63) is 29.8 Å². The molecule has 3 nitrogen and oxygen atoms in total. The second-order valence-corrected chi connectivity index (χ2v) is 3.96. The summed E-state index contributed by atoms with van der Waals surface area (Å²) in [6.07, 6.45) is 0. The van der Waals surface area contributed by atoms with E-state index in [1.54, 1.807) is 0 Å². The second kappa shape index (κ2) is 5.73. The normalized spacial score (nSPS) is 14.7. The molecular formula is C12H19NO2. The van der Waals surface area contributed by atoms with Crippen molar-refractivity contribution in [3.63, 3.8) is 0 Å². The van der Waals surface area contributed by atoms with Gasteiger partial charge < -0.3 is 15.6 Å². The number of aliphatic hydroxyl groups excluding tert-OH is 1. The number of benzene rings is 1. The molecule has 0 aliphatic heterocycles. The van der Waals surface area contributed by atoms with Crippen LogP contribution in [0.4, 0.5) is 0 Å². The Labute approximate surface area is 90.9 Å². The maximum Gasteiger partial charge on any atom is 0.119 e. The average molecular weight is 209 g/mol. The van der Waals surface area contributed by atoms with Crippen LogP contribution < -0.4 is 10.5 Å². The van der Waals surface area contributed by atoms with E-state index in [0.29, 0.717) is 6.61 Å². The molecule has 0 aromatic heterocycles. The Kier molecular flexibility index (Phi) is 4.59. The first-order chi connectivity index (χ1) is 7.13. The third-order valence-electron chi connectivity index (χ3n) is 2.23. The molecule has 0 spiro atoms. The van der Waals surface area contributed by atoms with Gasteiger partial charge in [0.2, 0.25) is 0 Å². The van der Waals surface area contributed by atoms with E-state index in [1.807, 2.05) is 38.1 Å². The van der Waals surface area contributed by atoms with Crippen LogP contribution in [-0.4, -0.2) is 18.3 Å². The molecule has 0 amide bonds. The molecule has 0 saturated heterocycles. The molecule has 0 aliphatic carbocycles. The molecule has 3 heteroatoms. The van der Waals surface area contributed by atoms with E-state index in [9.17, 15) is 0 Å². The Morgan fingerprint density at radius 2 is 2.13 bits per heavy atom. The van der Waals surface area contributed by atoms with Gasteiger partial charge in [-0.3, -0.25) is 0 Å². The first-order valence-corrected chi connectivity index (χ1v) is 5.22. The first-order valence-electron chi connectivity index (χ1n) is 5.22. The quantitative estimate of drug-likeness (QED) is 0.776. The summed E-state index contributed by atoms with van der Waals surface area (Å²) in [4.78, 5) is 0. The van der Waals surface area contributed by atoms with Crippen molar-refractivity contribution in [3.8, 4) is 5.75 Å². The minimum absolute atomic E-state index is 0.0174. The number of hydrogen-bond donors (Lipinski definition) is 2. The fourth-order valence-corrected chi connectivity index (χ4v) is 1.18. The molecule has 2 atom stereocenters. The molecule has 0 fully saturated rings. The zero-order valence-electron chi connectivity index (χ0n) is 9.31. The topological polar surface area (TPSA) is 55.5 Å². The molecule has 0 radical (unpaired) electrons. The van der Waals surface area contributed by atoms with Crippen LogP contribution in [0.3, 0.4) is 0 Å². The van der Waals surface area contributed by atoms with Crippen LogP contribution in [0.5, 0.6) is 5.75 Å². The summed E-state index contributed by atoms with van der Waals surface area (Å²) in [6, 6.07) is 7.76. The highest BCUT2D eigenvalue weighted by molar-refractivity contribution is 5.30. The van der Waals surface area contributed by atoms with Crippen molar-refractivity contribution in [2.75, 3.05) is 13.2 Å². The molecule has 3 N–H and O–H groups in total. The summed E-state index contributed by atoms with van der Waals surface area (Å²) in [5.74, 6) is 0.967. The van der Waals surface area contributed by atoms with Gasteiger partial charge in [-0.1, -0.05) is 19.1 Å². The zero-order chi connectivity index (χ0) is 11.3. The molecule has 0 saturated carbocycles. The number of hydrogen-bond acceptors (Lipinski definition) is 3. The van der Waals surface area contributed by atoms with Gasteiger partial charge in [0.1, 0.15) is 5.75 Å². The molecule has 0 aliphatic rings. The Hall–Kier alpha value is -1.06. The van der Waals surface area contributed by atoms with E-state index in [2.05, 4.69) is 0 Å². The summed E-state index contributed by atoms with van der Waals surface area (Å²) < 4.78 is 5.53. The molecule has 84 valence electrons. The Bertz CT molecular complexity index is 299. The highest BCUT2D eigenvalue weighted by Crippen LogP contribution is 2.17. The van der Waals surface area contributed by atoms with Crippen LogP contribution in [0, 0.1) is 5.92 Å². The third-order valence-corrected chi connectivity index (χ3v) is 2.23. The van der Waals surface area contributed by atoms with E-state index in [1.165, 1.54) is 0 Å². The van der Waals surface area contributed by atoms with Crippen molar-refractivity contribution in [1.82, 2.24) is 0 Å². The van der Waals surface area contributed by atoms with Crippen LogP contribution in [0.2, 0.25) is 0 Å². The van der Waals surface area contributed by atoms with Gasteiger partial charge in [0.25, 0.3) is 0 Å². The van der Waals surface area contributed by atoms with Crippen molar-refractivity contribution >= 4 is 0 Å². The summed E-state index contributed by atoms with van der Waals surface area (Å²) in [6.45, 7) is 4.55. The maximum atomic E-state index is 8.86.